The molecule has 2 aromatic heterocycles. The van der Waals surface area contributed by atoms with Crippen molar-refractivity contribution in [2.75, 3.05) is 44.8 Å². The van der Waals surface area contributed by atoms with E-state index in [0.29, 0.717) is 6.04 Å². The van der Waals surface area contributed by atoms with Crippen LogP contribution in [0.5, 0.6) is 0 Å². The smallest absolute Gasteiger partial charge is 0.140 e. The van der Waals surface area contributed by atoms with Gasteiger partial charge >= 0.3 is 0 Å². The van der Waals surface area contributed by atoms with Gasteiger partial charge in [-0.15, -0.1) is 11.3 Å². The van der Waals surface area contributed by atoms with Crippen LogP contribution in [-0.4, -0.2) is 60.8 Å². The minimum atomic E-state index is 0.516. The SMILES string of the molecule is COCCN1CCN(c2ncnc3sccc23)CC1C. The molecule has 0 radical (unpaired) electrons. The minimum absolute atomic E-state index is 0.516. The van der Waals surface area contributed by atoms with Gasteiger partial charge in [0, 0.05) is 39.3 Å². The van der Waals surface area contributed by atoms with E-state index in [-0.39, 0.29) is 0 Å². The zero-order valence-corrected chi connectivity index (χ0v) is 12.8. The van der Waals surface area contributed by atoms with Crippen molar-refractivity contribution in [2.24, 2.45) is 0 Å². The molecule has 0 aliphatic carbocycles. The molecule has 5 nitrogen and oxygen atoms in total. The number of methoxy groups -OCH3 is 1. The number of hydrogen-bond acceptors (Lipinski definition) is 6. The molecule has 0 spiro atoms. The molecule has 0 saturated carbocycles. The van der Waals surface area contributed by atoms with Crippen molar-refractivity contribution < 1.29 is 4.74 Å². The number of nitrogens with zero attached hydrogens (tertiary/aromatic N) is 4. The molecule has 3 rings (SSSR count). The Balaban J connectivity index is 1.75. The van der Waals surface area contributed by atoms with Gasteiger partial charge in [0.15, 0.2) is 0 Å². The fourth-order valence-corrected chi connectivity index (χ4v) is 3.48. The van der Waals surface area contributed by atoms with E-state index < -0.39 is 0 Å². The maximum absolute atomic E-state index is 5.18. The monoisotopic (exact) mass is 292 g/mol. The second kappa shape index (κ2) is 6.03. The quantitative estimate of drug-likeness (QED) is 0.860. The molecule has 3 heterocycles. The highest BCUT2D eigenvalue weighted by molar-refractivity contribution is 7.16. The predicted molar refractivity (Wildman–Crippen MR) is 82.5 cm³/mol. The number of ether oxygens (including phenoxy) is 1. The van der Waals surface area contributed by atoms with Crippen molar-refractivity contribution in [2.45, 2.75) is 13.0 Å². The molecule has 1 atom stereocenters. The van der Waals surface area contributed by atoms with Crippen LogP contribution >= 0.6 is 11.3 Å². The standard InChI is InChI=1S/C14H20N4OS/c1-11-9-18(5-4-17(11)6-7-19-2)13-12-3-8-20-14(12)16-10-15-13/h3,8,10-11H,4-7,9H2,1-2H3. The molecule has 2 aromatic rings. The van der Waals surface area contributed by atoms with Gasteiger partial charge in [-0.25, -0.2) is 9.97 Å². The molecule has 20 heavy (non-hydrogen) atoms. The molecule has 1 aliphatic heterocycles. The Morgan fingerprint density at radius 1 is 1.40 bits per heavy atom. The summed E-state index contributed by atoms with van der Waals surface area (Å²) in [4.78, 5) is 14.8. The normalized spacial score (nSPS) is 20.7. The first kappa shape index (κ1) is 13.7. The zero-order valence-electron chi connectivity index (χ0n) is 12.0. The van der Waals surface area contributed by atoms with Crippen molar-refractivity contribution in [3.8, 4) is 0 Å². The third-order valence-corrected chi connectivity index (χ3v) is 4.71. The summed E-state index contributed by atoms with van der Waals surface area (Å²) >= 11 is 1.67. The van der Waals surface area contributed by atoms with Crippen LogP contribution in [0.25, 0.3) is 10.2 Å². The summed E-state index contributed by atoms with van der Waals surface area (Å²) in [5.74, 6) is 1.08. The van der Waals surface area contributed by atoms with Crippen LogP contribution in [0.2, 0.25) is 0 Å². The Kier molecular flexibility index (Phi) is 4.14. The number of rotatable bonds is 4. The third-order valence-electron chi connectivity index (χ3n) is 3.89. The number of anilines is 1. The van der Waals surface area contributed by atoms with Gasteiger partial charge in [0.2, 0.25) is 0 Å². The van der Waals surface area contributed by atoms with E-state index in [1.807, 2.05) is 0 Å². The van der Waals surface area contributed by atoms with Crippen molar-refractivity contribution in [3.63, 3.8) is 0 Å². The Morgan fingerprint density at radius 2 is 2.30 bits per heavy atom. The van der Waals surface area contributed by atoms with Crippen LogP contribution in [0.1, 0.15) is 6.92 Å². The highest BCUT2D eigenvalue weighted by Gasteiger charge is 2.25. The summed E-state index contributed by atoms with van der Waals surface area (Å²) in [6.07, 6.45) is 1.68. The minimum Gasteiger partial charge on any atom is -0.383 e. The second-order valence-corrected chi connectivity index (χ2v) is 6.06. The van der Waals surface area contributed by atoms with Gasteiger partial charge in [0.25, 0.3) is 0 Å². The second-order valence-electron chi connectivity index (χ2n) is 5.16. The van der Waals surface area contributed by atoms with Crippen LogP contribution in [0.3, 0.4) is 0 Å². The van der Waals surface area contributed by atoms with Gasteiger partial charge < -0.3 is 9.64 Å². The largest absolute Gasteiger partial charge is 0.383 e. The number of fused-ring (bicyclic) bond motifs is 1. The molecule has 108 valence electrons. The number of hydrogen-bond donors (Lipinski definition) is 0. The number of thiophene rings is 1. The molecule has 1 saturated heterocycles. The fourth-order valence-electron chi connectivity index (χ4n) is 2.76. The summed E-state index contributed by atoms with van der Waals surface area (Å²) < 4.78 is 5.18. The molecule has 1 unspecified atom stereocenters. The highest BCUT2D eigenvalue weighted by Crippen LogP contribution is 2.28. The first-order valence-corrected chi connectivity index (χ1v) is 7.83. The summed E-state index contributed by atoms with van der Waals surface area (Å²) in [6, 6.07) is 2.64. The van der Waals surface area contributed by atoms with E-state index in [1.54, 1.807) is 24.8 Å². The lowest BCUT2D eigenvalue weighted by atomic mass is 10.2. The Morgan fingerprint density at radius 3 is 3.10 bits per heavy atom. The van der Waals surface area contributed by atoms with E-state index in [1.165, 1.54) is 5.39 Å². The Bertz CT molecular complexity index is 573. The van der Waals surface area contributed by atoms with Gasteiger partial charge in [-0.1, -0.05) is 0 Å². The third kappa shape index (κ3) is 2.63. The van der Waals surface area contributed by atoms with Crippen LogP contribution < -0.4 is 4.90 Å². The maximum atomic E-state index is 5.18. The lowest BCUT2D eigenvalue weighted by Gasteiger charge is -2.40. The Hall–Kier alpha value is -1.24. The topological polar surface area (TPSA) is 41.5 Å². The maximum Gasteiger partial charge on any atom is 0.140 e. The zero-order chi connectivity index (χ0) is 13.9. The number of aromatic nitrogens is 2. The van der Waals surface area contributed by atoms with Crippen molar-refractivity contribution in [1.82, 2.24) is 14.9 Å². The van der Waals surface area contributed by atoms with Gasteiger partial charge in [-0.3, -0.25) is 4.90 Å². The van der Waals surface area contributed by atoms with E-state index in [2.05, 4.69) is 38.1 Å². The summed E-state index contributed by atoms with van der Waals surface area (Å²) in [5.41, 5.74) is 0. The van der Waals surface area contributed by atoms with Crippen LogP contribution in [0.15, 0.2) is 17.8 Å². The van der Waals surface area contributed by atoms with Crippen molar-refractivity contribution >= 4 is 27.4 Å². The first-order valence-electron chi connectivity index (χ1n) is 6.95. The van der Waals surface area contributed by atoms with Gasteiger partial charge in [-0.2, -0.15) is 0 Å². The summed E-state index contributed by atoms with van der Waals surface area (Å²) in [7, 11) is 1.76. The lowest BCUT2D eigenvalue weighted by Crippen LogP contribution is -2.53. The molecule has 1 aliphatic rings. The molecule has 1 fully saturated rings. The average molecular weight is 292 g/mol. The van der Waals surface area contributed by atoms with E-state index in [0.717, 1.165) is 43.4 Å². The average Bonchev–Trinajstić information content (AvgIpc) is 2.94. The molecular formula is C14H20N4OS. The molecule has 6 heteroatoms. The van der Waals surface area contributed by atoms with Crippen molar-refractivity contribution in [3.05, 3.63) is 17.8 Å². The van der Waals surface area contributed by atoms with Gasteiger partial charge in [0.05, 0.1) is 12.0 Å². The number of piperazine rings is 1. The van der Waals surface area contributed by atoms with Crippen LogP contribution in [0.4, 0.5) is 5.82 Å². The fraction of sp³-hybridized carbons (Fsp3) is 0.571. The van der Waals surface area contributed by atoms with E-state index in [4.69, 9.17) is 4.74 Å². The molecule has 0 N–H and O–H groups in total. The van der Waals surface area contributed by atoms with Gasteiger partial charge in [-0.05, 0) is 18.4 Å². The molecule has 0 amide bonds. The van der Waals surface area contributed by atoms with E-state index >= 15 is 0 Å². The van der Waals surface area contributed by atoms with Crippen LogP contribution in [-0.2, 0) is 4.74 Å². The Labute approximate surface area is 123 Å². The lowest BCUT2D eigenvalue weighted by molar-refractivity contribution is 0.117. The van der Waals surface area contributed by atoms with Gasteiger partial charge in [0.1, 0.15) is 17.0 Å². The molecular weight excluding hydrogens is 272 g/mol. The molecule has 0 aromatic carbocycles. The van der Waals surface area contributed by atoms with Crippen LogP contribution in [0, 0.1) is 0 Å². The summed E-state index contributed by atoms with van der Waals surface area (Å²) in [5, 5.41) is 3.26. The highest BCUT2D eigenvalue weighted by atomic mass is 32.1. The predicted octanol–water partition coefficient (Wildman–Crippen LogP) is 1.85. The van der Waals surface area contributed by atoms with E-state index in [9.17, 15) is 0 Å². The summed E-state index contributed by atoms with van der Waals surface area (Å²) in [6.45, 7) is 7.14. The first-order chi connectivity index (χ1) is 9.79. The molecule has 0 bridgehead atoms. The van der Waals surface area contributed by atoms with Crippen molar-refractivity contribution in [1.29, 1.82) is 0 Å².